The Labute approximate surface area is 111 Å². The van der Waals surface area contributed by atoms with Gasteiger partial charge in [0, 0.05) is 10.9 Å². The van der Waals surface area contributed by atoms with Gasteiger partial charge in [0.05, 0.1) is 0 Å². The molecule has 2 N–H and O–H groups in total. The summed E-state index contributed by atoms with van der Waals surface area (Å²) in [5.74, 6) is 1.88. The summed E-state index contributed by atoms with van der Waals surface area (Å²) in [5, 5.41) is 1.07. The van der Waals surface area contributed by atoms with E-state index >= 15 is 0 Å². The molecule has 0 unspecified atom stereocenters. The summed E-state index contributed by atoms with van der Waals surface area (Å²) in [4.78, 5) is 8.59. The first kappa shape index (κ1) is 11.7. The van der Waals surface area contributed by atoms with Gasteiger partial charge in [-0.15, -0.1) is 0 Å². The van der Waals surface area contributed by atoms with E-state index in [1.807, 2.05) is 32.0 Å². The Morgan fingerprint density at radius 2 is 1.84 bits per heavy atom. The minimum Gasteiger partial charge on any atom is -0.454 e. The van der Waals surface area contributed by atoms with Gasteiger partial charge in [0.1, 0.15) is 22.9 Å². The molecule has 1 aromatic carbocycles. The number of hydrogen-bond donors (Lipinski definition) is 1. The second-order valence-corrected chi connectivity index (χ2v) is 4.78. The Balaban J connectivity index is 2.24. The standard InChI is InChI=1S/C15H15N3O/c1-8-4-5-12-11(6-8)7-13(19-12)14-9(2)15(16)18-10(3)17-14/h4-7H,1-3H3,(H2,16,17,18). The van der Waals surface area contributed by atoms with Crippen LogP contribution < -0.4 is 5.73 Å². The van der Waals surface area contributed by atoms with Crippen LogP contribution in [0, 0.1) is 20.8 Å². The third-order valence-corrected chi connectivity index (χ3v) is 3.20. The second-order valence-electron chi connectivity index (χ2n) is 4.78. The second kappa shape index (κ2) is 4.09. The first-order chi connectivity index (χ1) is 9.04. The van der Waals surface area contributed by atoms with E-state index in [2.05, 4.69) is 23.0 Å². The summed E-state index contributed by atoms with van der Waals surface area (Å²) >= 11 is 0. The van der Waals surface area contributed by atoms with E-state index in [0.29, 0.717) is 11.6 Å². The van der Waals surface area contributed by atoms with Crippen LogP contribution in [0.1, 0.15) is 17.0 Å². The number of hydrogen-bond acceptors (Lipinski definition) is 4. The number of anilines is 1. The highest BCUT2D eigenvalue weighted by atomic mass is 16.3. The quantitative estimate of drug-likeness (QED) is 0.721. The topological polar surface area (TPSA) is 64.9 Å². The lowest BCUT2D eigenvalue weighted by molar-refractivity contribution is 0.627. The Morgan fingerprint density at radius 1 is 1.05 bits per heavy atom. The average Bonchev–Trinajstić information content (AvgIpc) is 2.76. The summed E-state index contributed by atoms with van der Waals surface area (Å²) in [7, 11) is 0. The van der Waals surface area contributed by atoms with Crippen LogP contribution in [0.25, 0.3) is 22.4 Å². The molecule has 0 spiro atoms. The van der Waals surface area contributed by atoms with Gasteiger partial charge in [0.15, 0.2) is 5.76 Å². The van der Waals surface area contributed by atoms with Gasteiger partial charge in [-0.3, -0.25) is 0 Å². The van der Waals surface area contributed by atoms with Crippen molar-refractivity contribution >= 4 is 16.8 Å². The molecule has 96 valence electrons. The highest BCUT2D eigenvalue weighted by Crippen LogP contribution is 2.30. The molecule has 0 aliphatic carbocycles. The molecular weight excluding hydrogens is 238 g/mol. The van der Waals surface area contributed by atoms with E-state index in [0.717, 1.165) is 28.0 Å². The summed E-state index contributed by atoms with van der Waals surface area (Å²) in [5.41, 5.74) is 9.56. The van der Waals surface area contributed by atoms with Crippen molar-refractivity contribution in [2.24, 2.45) is 0 Å². The zero-order valence-electron chi connectivity index (χ0n) is 11.2. The smallest absolute Gasteiger partial charge is 0.154 e. The zero-order valence-corrected chi connectivity index (χ0v) is 11.2. The Hall–Kier alpha value is -2.36. The molecule has 0 fully saturated rings. The molecule has 4 nitrogen and oxygen atoms in total. The molecule has 0 aliphatic rings. The van der Waals surface area contributed by atoms with Crippen LogP contribution in [0.3, 0.4) is 0 Å². The van der Waals surface area contributed by atoms with Gasteiger partial charge in [-0.2, -0.15) is 0 Å². The van der Waals surface area contributed by atoms with Crippen molar-refractivity contribution < 1.29 is 4.42 Å². The van der Waals surface area contributed by atoms with Crippen molar-refractivity contribution in [3.05, 3.63) is 41.2 Å². The van der Waals surface area contributed by atoms with Crippen molar-refractivity contribution in [1.82, 2.24) is 9.97 Å². The van der Waals surface area contributed by atoms with Crippen LogP contribution in [-0.2, 0) is 0 Å². The minimum absolute atomic E-state index is 0.499. The molecular formula is C15H15N3O. The maximum atomic E-state index is 5.88. The number of aryl methyl sites for hydroxylation is 2. The monoisotopic (exact) mass is 253 g/mol. The Kier molecular flexibility index (Phi) is 2.52. The fourth-order valence-electron chi connectivity index (χ4n) is 2.17. The van der Waals surface area contributed by atoms with Gasteiger partial charge < -0.3 is 10.2 Å². The molecule has 3 rings (SSSR count). The predicted octanol–water partition coefficient (Wildman–Crippen LogP) is 3.40. The van der Waals surface area contributed by atoms with E-state index in [1.165, 1.54) is 5.56 Å². The summed E-state index contributed by atoms with van der Waals surface area (Å²) < 4.78 is 5.85. The molecule has 0 radical (unpaired) electrons. The van der Waals surface area contributed by atoms with Crippen LogP contribution in [0.15, 0.2) is 28.7 Å². The number of furan rings is 1. The molecule has 4 heteroatoms. The summed E-state index contributed by atoms with van der Waals surface area (Å²) in [6.07, 6.45) is 0. The lowest BCUT2D eigenvalue weighted by Crippen LogP contribution is -2.01. The molecule has 2 aromatic heterocycles. The van der Waals surface area contributed by atoms with Crippen LogP contribution in [-0.4, -0.2) is 9.97 Å². The highest BCUT2D eigenvalue weighted by molar-refractivity contribution is 5.83. The van der Waals surface area contributed by atoms with Gasteiger partial charge in [0.25, 0.3) is 0 Å². The number of rotatable bonds is 1. The van der Waals surface area contributed by atoms with E-state index in [-0.39, 0.29) is 0 Å². The van der Waals surface area contributed by atoms with Crippen LogP contribution in [0.4, 0.5) is 5.82 Å². The van der Waals surface area contributed by atoms with Gasteiger partial charge in [-0.05, 0) is 39.0 Å². The minimum atomic E-state index is 0.499. The molecule has 0 bridgehead atoms. The number of fused-ring (bicyclic) bond motifs is 1. The first-order valence-corrected chi connectivity index (χ1v) is 6.16. The van der Waals surface area contributed by atoms with E-state index in [4.69, 9.17) is 10.2 Å². The molecule has 0 atom stereocenters. The number of aromatic nitrogens is 2. The van der Waals surface area contributed by atoms with Gasteiger partial charge >= 0.3 is 0 Å². The molecule has 19 heavy (non-hydrogen) atoms. The third-order valence-electron chi connectivity index (χ3n) is 3.20. The zero-order chi connectivity index (χ0) is 13.6. The SMILES string of the molecule is Cc1ccc2oc(-c3nc(C)nc(N)c3C)cc2c1. The molecule has 0 amide bonds. The average molecular weight is 253 g/mol. The Bertz CT molecular complexity index is 774. The van der Waals surface area contributed by atoms with Gasteiger partial charge in [0.2, 0.25) is 0 Å². The van der Waals surface area contributed by atoms with E-state index in [1.54, 1.807) is 0 Å². The van der Waals surface area contributed by atoms with Crippen LogP contribution in [0.2, 0.25) is 0 Å². The van der Waals surface area contributed by atoms with Crippen molar-refractivity contribution in [3.63, 3.8) is 0 Å². The maximum Gasteiger partial charge on any atom is 0.154 e. The number of nitrogen functional groups attached to an aromatic ring is 1. The number of nitrogens with zero attached hydrogens (tertiary/aromatic N) is 2. The summed E-state index contributed by atoms with van der Waals surface area (Å²) in [6.45, 7) is 5.79. The molecule has 0 saturated carbocycles. The Morgan fingerprint density at radius 3 is 2.63 bits per heavy atom. The first-order valence-electron chi connectivity index (χ1n) is 6.16. The third kappa shape index (κ3) is 1.95. The highest BCUT2D eigenvalue weighted by Gasteiger charge is 2.13. The van der Waals surface area contributed by atoms with Crippen LogP contribution in [0.5, 0.6) is 0 Å². The van der Waals surface area contributed by atoms with E-state index < -0.39 is 0 Å². The lowest BCUT2D eigenvalue weighted by atomic mass is 10.1. The van der Waals surface area contributed by atoms with Gasteiger partial charge in [-0.25, -0.2) is 9.97 Å². The molecule has 2 heterocycles. The molecule has 0 saturated heterocycles. The van der Waals surface area contributed by atoms with Crippen molar-refractivity contribution in [2.45, 2.75) is 20.8 Å². The predicted molar refractivity (Wildman–Crippen MR) is 75.9 cm³/mol. The van der Waals surface area contributed by atoms with Crippen molar-refractivity contribution in [1.29, 1.82) is 0 Å². The maximum absolute atomic E-state index is 5.88. The normalized spacial score (nSPS) is 11.1. The summed E-state index contributed by atoms with van der Waals surface area (Å²) in [6, 6.07) is 8.09. The van der Waals surface area contributed by atoms with Crippen molar-refractivity contribution in [3.8, 4) is 11.5 Å². The van der Waals surface area contributed by atoms with Crippen molar-refractivity contribution in [2.75, 3.05) is 5.73 Å². The molecule has 0 aliphatic heterocycles. The lowest BCUT2D eigenvalue weighted by Gasteiger charge is -2.05. The number of benzene rings is 1. The van der Waals surface area contributed by atoms with Gasteiger partial charge in [-0.1, -0.05) is 11.6 Å². The largest absolute Gasteiger partial charge is 0.454 e. The van der Waals surface area contributed by atoms with E-state index in [9.17, 15) is 0 Å². The van der Waals surface area contributed by atoms with Crippen LogP contribution >= 0.6 is 0 Å². The fourth-order valence-corrected chi connectivity index (χ4v) is 2.17. The fraction of sp³-hybridized carbons (Fsp3) is 0.200. The number of nitrogens with two attached hydrogens (primary N) is 1. The molecule has 3 aromatic rings.